The van der Waals surface area contributed by atoms with E-state index in [0.717, 1.165) is 11.3 Å². The Bertz CT molecular complexity index is 225. The summed E-state index contributed by atoms with van der Waals surface area (Å²) in [6.45, 7) is 0.475. The molecule has 60 valence electrons. The molecule has 0 saturated heterocycles. The lowest BCUT2D eigenvalue weighted by molar-refractivity contribution is 0.177. The number of aliphatic hydroxyl groups excluding tert-OH is 1. The predicted molar refractivity (Wildman–Crippen MR) is 40.9 cm³/mol. The van der Waals surface area contributed by atoms with E-state index in [1.165, 1.54) is 0 Å². The number of nitrogens with zero attached hydrogens (tertiary/aromatic N) is 1. The van der Waals surface area contributed by atoms with E-state index >= 15 is 0 Å². The summed E-state index contributed by atoms with van der Waals surface area (Å²) < 4.78 is 4.90. The zero-order valence-corrected chi connectivity index (χ0v) is 6.45. The van der Waals surface area contributed by atoms with Crippen molar-refractivity contribution in [2.24, 2.45) is 0 Å². The molecule has 0 atom stereocenters. The van der Waals surface area contributed by atoms with E-state index in [9.17, 15) is 0 Å². The summed E-state index contributed by atoms with van der Waals surface area (Å²) in [7, 11) is 1.61. The lowest BCUT2D eigenvalue weighted by Crippen LogP contribution is -1.98. The van der Waals surface area contributed by atoms with Crippen LogP contribution >= 0.6 is 0 Å². The SMILES string of the molecule is COCc1ncccc1CO. The zero-order chi connectivity index (χ0) is 8.10. The first-order chi connectivity index (χ1) is 5.38. The monoisotopic (exact) mass is 153 g/mol. The Labute approximate surface area is 65.7 Å². The maximum absolute atomic E-state index is 8.85. The maximum atomic E-state index is 8.85. The van der Waals surface area contributed by atoms with Crippen LogP contribution in [-0.2, 0) is 18.0 Å². The van der Waals surface area contributed by atoms with Crippen LogP contribution in [0.2, 0.25) is 0 Å². The van der Waals surface area contributed by atoms with Crippen LogP contribution < -0.4 is 0 Å². The Morgan fingerprint density at radius 3 is 3.09 bits per heavy atom. The first-order valence-corrected chi connectivity index (χ1v) is 3.41. The van der Waals surface area contributed by atoms with E-state index in [0.29, 0.717) is 6.61 Å². The molecular weight excluding hydrogens is 142 g/mol. The molecule has 1 aromatic rings. The highest BCUT2D eigenvalue weighted by Gasteiger charge is 1.99. The Hall–Kier alpha value is -0.930. The molecule has 0 unspecified atom stereocenters. The average molecular weight is 153 g/mol. The van der Waals surface area contributed by atoms with Crippen molar-refractivity contribution in [1.82, 2.24) is 4.98 Å². The van der Waals surface area contributed by atoms with Crippen LogP contribution in [0.5, 0.6) is 0 Å². The predicted octanol–water partition coefficient (Wildman–Crippen LogP) is 0.720. The Morgan fingerprint density at radius 2 is 2.45 bits per heavy atom. The molecular formula is C8H11NO2. The highest BCUT2D eigenvalue weighted by molar-refractivity contribution is 5.17. The van der Waals surface area contributed by atoms with E-state index in [1.807, 2.05) is 6.07 Å². The largest absolute Gasteiger partial charge is 0.392 e. The molecule has 0 fully saturated rings. The topological polar surface area (TPSA) is 42.4 Å². The van der Waals surface area contributed by atoms with Crippen molar-refractivity contribution < 1.29 is 9.84 Å². The molecule has 0 aliphatic carbocycles. The van der Waals surface area contributed by atoms with Crippen molar-refractivity contribution in [3.05, 3.63) is 29.6 Å². The second-order valence-corrected chi connectivity index (χ2v) is 2.20. The minimum atomic E-state index is 0.0204. The molecule has 1 N–H and O–H groups in total. The van der Waals surface area contributed by atoms with Gasteiger partial charge in [-0.3, -0.25) is 4.98 Å². The molecule has 0 saturated carbocycles. The normalized spacial score (nSPS) is 10.0. The van der Waals surface area contributed by atoms with E-state index < -0.39 is 0 Å². The lowest BCUT2D eigenvalue weighted by atomic mass is 10.2. The Kier molecular flexibility index (Phi) is 3.01. The van der Waals surface area contributed by atoms with Gasteiger partial charge in [0.1, 0.15) is 0 Å². The molecule has 0 bridgehead atoms. The van der Waals surface area contributed by atoms with Gasteiger partial charge in [-0.25, -0.2) is 0 Å². The summed E-state index contributed by atoms with van der Waals surface area (Å²) in [4.78, 5) is 4.05. The summed E-state index contributed by atoms with van der Waals surface area (Å²) in [5.41, 5.74) is 1.63. The number of aromatic nitrogens is 1. The van der Waals surface area contributed by atoms with Crippen molar-refractivity contribution in [3.8, 4) is 0 Å². The molecule has 1 aromatic heterocycles. The molecule has 1 heterocycles. The maximum Gasteiger partial charge on any atom is 0.0887 e. The van der Waals surface area contributed by atoms with Crippen molar-refractivity contribution in [2.45, 2.75) is 13.2 Å². The molecule has 0 amide bonds. The summed E-state index contributed by atoms with van der Waals surface area (Å²) in [5, 5.41) is 8.85. The van der Waals surface area contributed by atoms with Gasteiger partial charge in [-0.1, -0.05) is 6.07 Å². The van der Waals surface area contributed by atoms with Crippen molar-refractivity contribution in [3.63, 3.8) is 0 Å². The summed E-state index contributed by atoms with van der Waals surface area (Å²) in [6, 6.07) is 3.63. The van der Waals surface area contributed by atoms with Gasteiger partial charge < -0.3 is 9.84 Å². The molecule has 0 aliphatic rings. The van der Waals surface area contributed by atoms with E-state index in [4.69, 9.17) is 9.84 Å². The van der Waals surface area contributed by atoms with Crippen LogP contribution in [0, 0.1) is 0 Å². The second-order valence-electron chi connectivity index (χ2n) is 2.20. The fraction of sp³-hybridized carbons (Fsp3) is 0.375. The van der Waals surface area contributed by atoms with Crippen LogP contribution in [0.25, 0.3) is 0 Å². The molecule has 0 aliphatic heterocycles. The first-order valence-electron chi connectivity index (χ1n) is 3.41. The third-order valence-corrected chi connectivity index (χ3v) is 1.44. The van der Waals surface area contributed by atoms with Gasteiger partial charge in [-0.15, -0.1) is 0 Å². The Balaban J connectivity index is 2.83. The average Bonchev–Trinajstić information content (AvgIpc) is 2.06. The van der Waals surface area contributed by atoms with Crippen molar-refractivity contribution in [1.29, 1.82) is 0 Å². The zero-order valence-electron chi connectivity index (χ0n) is 6.45. The number of methoxy groups -OCH3 is 1. The van der Waals surface area contributed by atoms with Crippen LogP contribution in [0.1, 0.15) is 11.3 Å². The summed E-state index contributed by atoms with van der Waals surface area (Å²) in [6.07, 6.45) is 1.69. The molecule has 0 spiro atoms. The molecule has 3 heteroatoms. The lowest BCUT2D eigenvalue weighted by Gasteiger charge is -2.02. The van der Waals surface area contributed by atoms with Gasteiger partial charge in [-0.2, -0.15) is 0 Å². The van der Waals surface area contributed by atoms with Gasteiger partial charge in [0.15, 0.2) is 0 Å². The van der Waals surface area contributed by atoms with Crippen LogP contribution in [-0.4, -0.2) is 17.2 Å². The highest BCUT2D eigenvalue weighted by atomic mass is 16.5. The second kappa shape index (κ2) is 4.05. The summed E-state index contributed by atoms with van der Waals surface area (Å²) in [5.74, 6) is 0. The van der Waals surface area contributed by atoms with Gasteiger partial charge in [0.05, 0.1) is 18.9 Å². The number of aliphatic hydroxyl groups is 1. The standard InChI is InChI=1S/C8H11NO2/c1-11-6-8-7(5-10)3-2-4-9-8/h2-4,10H,5-6H2,1H3. The number of pyridine rings is 1. The molecule has 0 aromatic carbocycles. The number of rotatable bonds is 3. The molecule has 3 nitrogen and oxygen atoms in total. The van der Waals surface area contributed by atoms with Crippen LogP contribution in [0.15, 0.2) is 18.3 Å². The minimum absolute atomic E-state index is 0.0204. The highest BCUT2D eigenvalue weighted by Crippen LogP contribution is 2.05. The van der Waals surface area contributed by atoms with Gasteiger partial charge in [-0.05, 0) is 6.07 Å². The minimum Gasteiger partial charge on any atom is -0.392 e. The van der Waals surface area contributed by atoms with Crippen molar-refractivity contribution in [2.75, 3.05) is 7.11 Å². The van der Waals surface area contributed by atoms with Gasteiger partial charge in [0.2, 0.25) is 0 Å². The van der Waals surface area contributed by atoms with Gasteiger partial charge in [0, 0.05) is 18.9 Å². The smallest absolute Gasteiger partial charge is 0.0887 e. The fourth-order valence-electron chi connectivity index (χ4n) is 0.882. The first kappa shape index (κ1) is 8.17. The fourth-order valence-corrected chi connectivity index (χ4v) is 0.882. The van der Waals surface area contributed by atoms with Crippen LogP contribution in [0.4, 0.5) is 0 Å². The number of ether oxygens (including phenoxy) is 1. The van der Waals surface area contributed by atoms with Gasteiger partial charge in [0.25, 0.3) is 0 Å². The van der Waals surface area contributed by atoms with Crippen LogP contribution in [0.3, 0.4) is 0 Å². The van der Waals surface area contributed by atoms with E-state index in [1.54, 1.807) is 19.4 Å². The summed E-state index contributed by atoms with van der Waals surface area (Å²) >= 11 is 0. The van der Waals surface area contributed by atoms with Crippen molar-refractivity contribution >= 4 is 0 Å². The van der Waals surface area contributed by atoms with Gasteiger partial charge >= 0.3 is 0 Å². The third kappa shape index (κ3) is 2.00. The quantitative estimate of drug-likeness (QED) is 0.695. The van der Waals surface area contributed by atoms with E-state index in [-0.39, 0.29) is 6.61 Å². The number of hydrogen-bond donors (Lipinski definition) is 1. The molecule has 0 radical (unpaired) electrons. The van der Waals surface area contributed by atoms with E-state index in [2.05, 4.69) is 4.98 Å². The molecule has 11 heavy (non-hydrogen) atoms. The number of hydrogen-bond acceptors (Lipinski definition) is 3. The third-order valence-electron chi connectivity index (χ3n) is 1.44. The molecule has 1 rings (SSSR count). The Morgan fingerprint density at radius 1 is 1.64 bits per heavy atom.